The van der Waals surface area contributed by atoms with Crippen molar-refractivity contribution in [1.29, 1.82) is 5.26 Å². The molecule has 0 spiro atoms. The van der Waals surface area contributed by atoms with Crippen molar-refractivity contribution in [3.05, 3.63) is 92.5 Å². The number of halogens is 2. The van der Waals surface area contributed by atoms with Gasteiger partial charge in [0.05, 0.1) is 24.3 Å². The highest BCUT2D eigenvalue weighted by molar-refractivity contribution is 6.37. The highest BCUT2D eigenvalue weighted by atomic mass is 35.5. The van der Waals surface area contributed by atoms with Crippen LogP contribution in [0.25, 0.3) is 6.08 Å². The second-order valence-electron chi connectivity index (χ2n) is 7.62. The number of amides is 1. The molecule has 0 saturated heterocycles. The van der Waals surface area contributed by atoms with Crippen molar-refractivity contribution in [2.75, 3.05) is 14.2 Å². The van der Waals surface area contributed by atoms with Crippen molar-refractivity contribution in [3.8, 4) is 23.3 Å². The number of rotatable bonds is 9. The third kappa shape index (κ3) is 6.92. The Kier molecular flexibility index (Phi) is 9.02. The molecule has 0 unspecified atom stereocenters. The lowest BCUT2D eigenvalue weighted by molar-refractivity contribution is -0.117. The smallest absolute Gasteiger partial charge is 0.262 e. The Balaban J connectivity index is 1.71. The average molecular weight is 511 g/mol. The highest BCUT2D eigenvalue weighted by Crippen LogP contribution is 2.35. The normalized spacial score (nSPS) is 10.9. The van der Waals surface area contributed by atoms with Crippen molar-refractivity contribution in [3.63, 3.8) is 0 Å². The summed E-state index contributed by atoms with van der Waals surface area (Å²) in [5, 5.41) is 12.8. The molecular weight excluding hydrogens is 487 g/mol. The Morgan fingerprint density at radius 1 is 1.03 bits per heavy atom. The first-order valence-electron chi connectivity index (χ1n) is 10.6. The molecule has 0 bridgehead atoms. The number of nitriles is 1. The van der Waals surface area contributed by atoms with E-state index in [1.165, 1.54) is 13.2 Å². The molecule has 0 aromatic heterocycles. The first-order valence-corrected chi connectivity index (χ1v) is 11.4. The van der Waals surface area contributed by atoms with Gasteiger partial charge in [0, 0.05) is 18.2 Å². The Hall–Kier alpha value is -3.66. The fourth-order valence-corrected chi connectivity index (χ4v) is 3.84. The van der Waals surface area contributed by atoms with Crippen LogP contribution in [0.15, 0.2) is 60.2 Å². The predicted molar refractivity (Wildman–Crippen MR) is 137 cm³/mol. The monoisotopic (exact) mass is 510 g/mol. The fourth-order valence-electron chi connectivity index (χ4n) is 3.22. The van der Waals surface area contributed by atoms with Gasteiger partial charge in [0.25, 0.3) is 5.91 Å². The van der Waals surface area contributed by atoms with Gasteiger partial charge in [0.1, 0.15) is 29.7 Å². The number of ether oxygens (including phenoxy) is 3. The number of benzene rings is 3. The maximum absolute atomic E-state index is 12.6. The molecule has 0 radical (unpaired) electrons. The van der Waals surface area contributed by atoms with Gasteiger partial charge in [-0.25, -0.2) is 0 Å². The third-order valence-corrected chi connectivity index (χ3v) is 5.70. The molecule has 35 heavy (non-hydrogen) atoms. The van der Waals surface area contributed by atoms with E-state index in [9.17, 15) is 10.1 Å². The van der Waals surface area contributed by atoms with Gasteiger partial charge in [0.15, 0.2) is 5.75 Å². The molecule has 6 nitrogen and oxygen atoms in total. The maximum Gasteiger partial charge on any atom is 0.262 e. The largest absolute Gasteiger partial charge is 0.497 e. The molecule has 1 amide bonds. The van der Waals surface area contributed by atoms with Crippen LogP contribution in [-0.4, -0.2) is 20.1 Å². The molecule has 3 aromatic rings. The fraction of sp³-hybridized carbons (Fsp3) is 0.185. The number of aryl methyl sites for hydroxylation is 1. The minimum absolute atomic E-state index is 0.0991. The summed E-state index contributed by atoms with van der Waals surface area (Å²) in [5.41, 5.74) is 3.26. The number of nitrogens with zero attached hydrogens (tertiary/aromatic N) is 1. The van der Waals surface area contributed by atoms with Crippen LogP contribution in [0, 0.1) is 18.3 Å². The molecule has 0 atom stereocenters. The number of methoxy groups -OCH3 is 2. The molecule has 0 fully saturated rings. The van der Waals surface area contributed by atoms with Gasteiger partial charge in [-0.3, -0.25) is 4.79 Å². The second-order valence-corrected chi connectivity index (χ2v) is 8.43. The lowest BCUT2D eigenvalue weighted by atomic mass is 10.1. The Bertz CT molecular complexity index is 1260. The zero-order valence-electron chi connectivity index (χ0n) is 19.5. The van der Waals surface area contributed by atoms with Gasteiger partial charge >= 0.3 is 0 Å². The Morgan fingerprint density at radius 2 is 1.71 bits per heavy atom. The van der Waals surface area contributed by atoms with E-state index in [4.69, 9.17) is 37.4 Å². The third-order valence-electron chi connectivity index (χ3n) is 5.13. The van der Waals surface area contributed by atoms with Crippen LogP contribution in [0.3, 0.4) is 0 Å². The molecule has 3 rings (SSSR count). The zero-order chi connectivity index (χ0) is 25.4. The van der Waals surface area contributed by atoms with E-state index in [0.29, 0.717) is 29.4 Å². The van der Waals surface area contributed by atoms with E-state index in [2.05, 4.69) is 5.32 Å². The van der Waals surface area contributed by atoms with Crippen molar-refractivity contribution < 1.29 is 19.0 Å². The summed E-state index contributed by atoms with van der Waals surface area (Å²) in [5.74, 6) is 0.986. The van der Waals surface area contributed by atoms with Crippen LogP contribution in [0.1, 0.15) is 22.3 Å². The molecule has 0 aliphatic carbocycles. The summed E-state index contributed by atoms with van der Waals surface area (Å²) < 4.78 is 16.3. The molecule has 0 saturated carbocycles. The summed E-state index contributed by atoms with van der Waals surface area (Å²) in [7, 11) is 3.09. The quantitative estimate of drug-likeness (QED) is 0.277. The lowest BCUT2D eigenvalue weighted by Crippen LogP contribution is -2.24. The highest BCUT2D eigenvalue weighted by Gasteiger charge is 2.14. The number of hydrogen-bond donors (Lipinski definition) is 1. The summed E-state index contributed by atoms with van der Waals surface area (Å²) >= 11 is 12.8. The Labute approximate surface area is 214 Å². The van der Waals surface area contributed by atoms with Gasteiger partial charge in [0.2, 0.25) is 0 Å². The standard InChI is InChI=1S/C27H24Cl2N2O4/c1-17-4-6-18(7-5-17)16-35-26-23(28)11-19(12-24(26)29)10-21(14-30)27(32)31-15-20-8-9-22(33-2)13-25(20)34-3/h4-13H,15-16H2,1-3H3,(H,31,32)/b21-10+. The van der Waals surface area contributed by atoms with Crippen molar-refractivity contribution in [2.45, 2.75) is 20.1 Å². The minimum atomic E-state index is -0.544. The first-order chi connectivity index (χ1) is 16.8. The van der Waals surface area contributed by atoms with Crippen molar-refractivity contribution in [2.24, 2.45) is 0 Å². The molecule has 0 aliphatic heterocycles. The van der Waals surface area contributed by atoms with Crippen LogP contribution in [0.5, 0.6) is 17.2 Å². The number of hydrogen-bond acceptors (Lipinski definition) is 5. The topological polar surface area (TPSA) is 80.6 Å². The van der Waals surface area contributed by atoms with Crippen LogP contribution < -0.4 is 19.5 Å². The van der Waals surface area contributed by atoms with Crippen molar-refractivity contribution >= 4 is 35.2 Å². The van der Waals surface area contributed by atoms with Gasteiger partial charge < -0.3 is 19.5 Å². The van der Waals surface area contributed by atoms with E-state index >= 15 is 0 Å². The van der Waals surface area contributed by atoms with E-state index in [0.717, 1.165) is 16.7 Å². The van der Waals surface area contributed by atoms with Gasteiger partial charge in [-0.1, -0.05) is 53.0 Å². The van der Waals surface area contributed by atoms with E-state index in [-0.39, 0.29) is 22.2 Å². The van der Waals surface area contributed by atoms with Gasteiger partial charge in [-0.2, -0.15) is 5.26 Å². The molecule has 180 valence electrons. The average Bonchev–Trinajstić information content (AvgIpc) is 2.86. The first kappa shape index (κ1) is 26.0. The van der Waals surface area contributed by atoms with Crippen LogP contribution >= 0.6 is 23.2 Å². The predicted octanol–water partition coefficient (Wildman–Crippen LogP) is 6.12. The van der Waals surface area contributed by atoms with Crippen molar-refractivity contribution in [1.82, 2.24) is 5.32 Å². The van der Waals surface area contributed by atoms with E-state index in [1.54, 1.807) is 37.4 Å². The number of nitrogens with one attached hydrogen (secondary N) is 1. The van der Waals surface area contributed by atoms with Crippen LogP contribution in [0.2, 0.25) is 10.0 Å². The summed E-state index contributed by atoms with van der Waals surface area (Å²) in [6.45, 7) is 2.48. The Morgan fingerprint density at radius 3 is 2.31 bits per heavy atom. The number of carbonyl (C=O) groups is 1. The van der Waals surface area contributed by atoms with Gasteiger partial charge in [-0.15, -0.1) is 0 Å². The zero-order valence-corrected chi connectivity index (χ0v) is 21.0. The molecular formula is C27H24Cl2N2O4. The SMILES string of the molecule is COc1ccc(CNC(=O)/C(C#N)=C/c2cc(Cl)c(OCc3ccc(C)cc3)c(Cl)c2)c(OC)c1. The minimum Gasteiger partial charge on any atom is -0.497 e. The molecule has 1 N–H and O–H groups in total. The van der Waals surface area contributed by atoms with Crippen LogP contribution in [-0.2, 0) is 17.9 Å². The molecule has 0 heterocycles. The summed E-state index contributed by atoms with van der Waals surface area (Å²) in [6.07, 6.45) is 1.42. The molecule has 3 aromatic carbocycles. The van der Waals surface area contributed by atoms with Gasteiger partial charge in [-0.05, 0) is 48.4 Å². The lowest BCUT2D eigenvalue weighted by Gasteiger charge is -2.12. The van der Waals surface area contributed by atoms with E-state index in [1.807, 2.05) is 37.3 Å². The molecule has 8 heteroatoms. The maximum atomic E-state index is 12.6. The molecule has 0 aliphatic rings. The summed E-state index contributed by atoms with van der Waals surface area (Å²) in [6, 6.07) is 18.3. The van der Waals surface area contributed by atoms with E-state index < -0.39 is 5.91 Å². The number of carbonyl (C=O) groups excluding carboxylic acids is 1. The van der Waals surface area contributed by atoms with Crippen LogP contribution in [0.4, 0.5) is 0 Å². The second kappa shape index (κ2) is 12.2. The summed E-state index contributed by atoms with van der Waals surface area (Å²) in [4.78, 5) is 12.6.